The molecule has 29 heavy (non-hydrogen) atoms. The highest BCUT2D eigenvalue weighted by molar-refractivity contribution is 6.02. The normalized spacial score (nSPS) is 10.5. The van der Waals surface area contributed by atoms with Gasteiger partial charge < -0.3 is 10.1 Å². The molecule has 0 fully saturated rings. The molecular formula is C23H20N4O2. The van der Waals surface area contributed by atoms with E-state index in [0.29, 0.717) is 18.0 Å². The standard InChI is InChI=1S/C23H20N4O2/c1-17-7-11-20(12-8-17)29-21-13-9-19(10-14-21)24-23(28)22-16-27(26-25-22)15-18-5-3-2-4-6-18/h2-14,16H,15H2,1H3,(H,24,28). The lowest BCUT2D eigenvalue weighted by Crippen LogP contribution is -2.12. The van der Waals surface area contributed by atoms with Gasteiger partial charge in [-0.15, -0.1) is 5.10 Å². The molecule has 4 aromatic rings. The first kappa shape index (κ1) is 18.4. The molecule has 0 aliphatic heterocycles. The Labute approximate surface area is 168 Å². The van der Waals surface area contributed by atoms with Crippen LogP contribution < -0.4 is 10.1 Å². The van der Waals surface area contributed by atoms with Crippen LogP contribution in [0, 0.1) is 6.92 Å². The van der Waals surface area contributed by atoms with Gasteiger partial charge in [-0.05, 0) is 48.9 Å². The number of aromatic nitrogens is 3. The Hall–Kier alpha value is -3.93. The number of benzene rings is 3. The van der Waals surface area contributed by atoms with Crippen molar-refractivity contribution in [2.75, 3.05) is 5.32 Å². The van der Waals surface area contributed by atoms with Crippen LogP contribution in [0.4, 0.5) is 5.69 Å². The van der Waals surface area contributed by atoms with Crippen molar-refractivity contribution < 1.29 is 9.53 Å². The third-order valence-corrected chi connectivity index (χ3v) is 4.33. The number of carbonyl (C=O) groups is 1. The first-order valence-corrected chi connectivity index (χ1v) is 9.26. The first-order chi connectivity index (χ1) is 14.2. The second kappa shape index (κ2) is 8.39. The number of anilines is 1. The highest BCUT2D eigenvalue weighted by atomic mass is 16.5. The van der Waals surface area contributed by atoms with Crippen LogP contribution in [0.2, 0.25) is 0 Å². The van der Waals surface area contributed by atoms with Crippen LogP contribution in [0.5, 0.6) is 11.5 Å². The van der Waals surface area contributed by atoms with E-state index in [1.54, 1.807) is 23.0 Å². The van der Waals surface area contributed by atoms with E-state index in [1.165, 1.54) is 5.56 Å². The minimum absolute atomic E-state index is 0.265. The lowest BCUT2D eigenvalue weighted by molar-refractivity contribution is 0.102. The van der Waals surface area contributed by atoms with Gasteiger partial charge in [-0.3, -0.25) is 4.79 Å². The Bertz CT molecular complexity index is 1090. The average molecular weight is 384 g/mol. The summed E-state index contributed by atoms with van der Waals surface area (Å²) in [5, 5.41) is 10.8. The van der Waals surface area contributed by atoms with Crippen LogP contribution in [0.15, 0.2) is 85.1 Å². The molecule has 0 aliphatic carbocycles. The summed E-state index contributed by atoms with van der Waals surface area (Å²) in [7, 11) is 0. The van der Waals surface area contributed by atoms with Crippen molar-refractivity contribution in [1.29, 1.82) is 0 Å². The lowest BCUT2D eigenvalue weighted by Gasteiger charge is -2.07. The minimum atomic E-state index is -0.309. The van der Waals surface area contributed by atoms with E-state index >= 15 is 0 Å². The molecule has 0 bridgehead atoms. The number of amides is 1. The van der Waals surface area contributed by atoms with E-state index < -0.39 is 0 Å². The Balaban J connectivity index is 1.36. The number of ether oxygens (including phenoxy) is 1. The maximum absolute atomic E-state index is 12.4. The van der Waals surface area contributed by atoms with Gasteiger partial charge in [0, 0.05) is 5.69 Å². The molecule has 0 atom stereocenters. The molecule has 6 nitrogen and oxygen atoms in total. The third kappa shape index (κ3) is 4.87. The van der Waals surface area contributed by atoms with Crippen molar-refractivity contribution in [1.82, 2.24) is 15.0 Å². The highest BCUT2D eigenvalue weighted by Gasteiger charge is 2.11. The number of aryl methyl sites for hydroxylation is 1. The SMILES string of the molecule is Cc1ccc(Oc2ccc(NC(=O)c3cn(Cc4ccccc4)nn3)cc2)cc1. The largest absolute Gasteiger partial charge is 0.457 e. The fourth-order valence-corrected chi connectivity index (χ4v) is 2.79. The number of carbonyl (C=O) groups excluding carboxylic acids is 1. The van der Waals surface area contributed by atoms with Crippen LogP contribution in [-0.4, -0.2) is 20.9 Å². The molecule has 0 aliphatic rings. The molecule has 1 N–H and O–H groups in total. The molecule has 1 aromatic heterocycles. The molecule has 1 heterocycles. The van der Waals surface area contributed by atoms with Gasteiger partial charge in [0.25, 0.3) is 5.91 Å². The quantitative estimate of drug-likeness (QED) is 0.524. The van der Waals surface area contributed by atoms with Crippen LogP contribution in [0.1, 0.15) is 21.6 Å². The molecule has 144 valence electrons. The topological polar surface area (TPSA) is 69.0 Å². The van der Waals surface area contributed by atoms with E-state index in [2.05, 4.69) is 15.6 Å². The fraction of sp³-hybridized carbons (Fsp3) is 0.0870. The Kier molecular flexibility index (Phi) is 5.33. The summed E-state index contributed by atoms with van der Waals surface area (Å²) < 4.78 is 7.44. The van der Waals surface area contributed by atoms with E-state index in [0.717, 1.165) is 11.3 Å². The Morgan fingerprint density at radius 3 is 2.28 bits per heavy atom. The zero-order chi connectivity index (χ0) is 20.1. The summed E-state index contributed by atoms with van der Waals surface area (Å²) in [6, 6.07) is 24.9. The first-order valence-electron chi connectivity index (χ1n) is 9.26. The second-order valence-corrected chi connectivity index (χ2v) is 6.68. The van der Waals surface area contributed by atoms with Gasteiger partial charge in [-0.1, -0.05) is 53.2 Å². The third-order valence-electron chi connectivity index (χ3n) is 4.33. The van der Waals surface area contributed by atoms with Gasteiger partial charge in [0.15, 0.2) is 5.69 Å². The van der Waals surface area contributed by atoms with Crippen molar-refractivity contribution in [3.63, 3.8) is 0 Å². The zero-order valence-corrected chi connectivity index (χ0v) is 15.9. The monoisotopic (exact) mass is 384 g/mol. The summed E-state index contributed by atoms with van der Waals surface area (Å²) in [5.41, 5.74) is 3.19. The zero-order valence-electron chi connectivity index (χ0n) is 15.9. The summed E-state index contributed by atoms with van der Waals surface area (Å²) >= 11 is 0. The number of rotatable bonds is 6. The van der Waals surface area contributed by atoms with Crippen LogP contribution >= 0.6 is 0 Å². The Morgan fingerprint density at radius 1 is 0.931 bits per heavy atom. The van der Waals surface area contributed by atoms with E-state index in [1.807, 2.05) is 73.7 Å². The van der Waals surface area contributed by atoms with Crippen LogP contribution in [-0.2, 0) is 6.54 Å². The van der Waals surface area contributed by atoms with E-state index in [-0.39, 0.29) is 11.6 Å². The predicted molar refractivity (Wildman–Crippen MR) is 111 cm³/mol. The van der Waals surface area contributed by atoms with E-state index in [9.17, 15) is 4.79 Å². The lowest BCUT2D eigenvalue weighted by atomic mass is 10.2. The maximum Gasteiger partial charge on any atom is 0.277 e. The average Bonchev–Trinajstić information content (AvgIpc) is 3.21. The molecular weight excluding hydrogens is 364 g/mol. The Morgan fingerprint density at radius 2 is 1.59 bits per heavy atom. The smallest absolute Gasteiger partial charge is 0.277 e. The van der Waals surface area contributed by atoms with Gasteiger partial charge in [-0.25, -0.2) is 4.68 Å². The molecule has 3 aromatic carbocycles. The van der Waals surface area contributed by atoms with Crippen molar-refractivity contribution >= 4 is 11.6 Å². The summed E-state index contributed by atoms with van der Waals surface area (Å²) in [4.78, 5) is 12.4. The molecule has 0 unspecified atom stereocenters. The summed E-state index contributed by atoms with van der Waals surface area (Å²) in [6.07, 6.45) is 1.64. The second-order valence-electron chi connectivity index (χ2n) is 6.68. The number of hydrogen-bond donors (Lipinski definition) is 1. The molecule has 0 spiro atoms. The van der Waals surface area contributed by atoms with Gasteiger partial charge >= 0.3 is 0 Å². The number of nitrogens with one attached hydrogen (secondary N) is 1. The van der Waals surface area contributed by atoms with Crippen molar-refractivity contribution in [3.05, 3.63) is 102 Å². The minimum Gasteiger partial charge on any atom is -0.457 e. The van der Waals surface area contributed by atoms with Crippen molar-refractivity contribution in [2.45, 2.75) is 13.5 Å². The fourth-order valence-electron chi connectivity index (χ4n) is 2.79. The van der Waals surface area contributed by atoms with Crippen LogP contribution in [0.3, 0.4) is 0 Å². The van der Waals surface area contributed by atoms with Crippen molar-refractivity contribution in [2.24, 2.45) is 0 Å². The van der Waals surface area contributed by atoms with Crippen LogP contribution in [0.25, 0.3) is 0 Å². The van der Waals surface area contributed by atoms with E-state index in [4.69, 9.17) is 4.74 Å². The maximum atomic E-state index is 12.4. The predicted octanol–water partition coefficient (Wildman–Crippen LogP) is 4.68. The highest BCUT2D eigenvalue weighted by Crippen LogP contribution is 2.23. The molecule has 1 amide bonds. The molecule has 0 saturated heterocycles. The molecule has 0 saturated carbocycles. The summed E-state index contributed by atoms with van der Waals surface area (Å²) in [5.74, 6) is 1.15. The molecule has 6 heteroatoms. The van der Waals surface area contributed by atoms with Gasteiger partial charge in [0.1, 0.15) is 11.5 Å². The van der Waals surface area contributed by atoms with Crippen molar-refractivity contribution in [3.8, 4) is 11.5 Å². The van der Waals surface area contributed by atoms with Gasteiger partial charge in [-0.2, -0.15) is 0 Å². The number of nitrogens with zero attached hydrogens (tertiary/aromatic N) is 3. The molecule has 0 radical (unpaired) electrons. The summed E-state index contributed by atoms with van der Waals surface area (Å²) in [6.45, 7) is 2.59. The van der Waals surface area contributed by atoms with Gasteiger partial charge in [0.2, 0.25) is 0 Å². The number of hydrogen-bond acceptors (Lipinski definition) is 4. The van der Waals surface area contributed by atoms with Gasteiger partial charge in [0.05, 0.1) is 12.7 Å². The molecule has 4 rings (SSSR count).